The maximum Gasteiger partial charge on any atom is 0.120 e. The van der Waals surface area contributed by atoms with Crippen LogP contribution in [0, 0.1) is 6.92 Å². The quantitative estimate of drug-likeness (QED) is 0.703. The van der Waals surface area contributed by atoms with E-state index in [9.17, 15) is 0 Å². The Hall–Kier alpha value is -0.890. The van der Waals surface area contributed by atoms with Gasteiger partial charge in [0.15, 0.2) is 0 Å². The molecule has 0 saturated carbocycles. The van der Waals surface area contributed by atoms with E-state index in [2.05, 4.69) is 24.5 Å². The molecule has 0 atom stereocenters. The molecule has 0 unspecified atom stereocenters. The van der Waals surface area contributed by atoms with Crippen molar-refractivity contribution in [3.8, 4) is 5.75 Å². The zero-order chi connectivity index (χ0) is 8.39. The second kappa shape index (κ2) is 3.23. The summed E-state index contributed by atoms with van der Waals surface area (Å²) in [5.41, 5.74) is 1.27. The predicted molar refractivity (Wildman–Crippen MR) is 52.3 cm³/mol. The first-order chi connectivity index (χ1) is 5.84. The summed E-state index contributed by atoms with van der Waals surface area (Å²) < 4.78 is 5.50. The molecule has 0 amide bonds. The maximum atomic E-state index is 5.50. The molecule has 0 aromatic heterocycles. The molecule has 0 N–H and O–H groups in total. The summed E-state index contributed by atoms with van der Waals surface area (Å²) in [6.07, 6.45) is 0. The van der Waals surface area contributed by atoms with E-state index in [0.717, 1.165) is 12.4 Å². The Labute approximate surface area is 76.4 Å². The van der Waals surface area contributed by atoms with E-state index in [1.807, 2.05) is 12.1 Å². The lowest BCUT2D eigenvalue weighted by Gasteiger charge is -2.02. The third-order valence-corrected chi connectivity index (χ3v) is 2.37. The van der Waals surface area contributed by atoms with Crippen LogP contribution < -0.4 is 4.74 Å². The molecule has 1 aromatic rings. The fraction of sp³-hybridized carbons (Fsp3) is 0.200. The molecule has 0 saturated heterocycles. The number of hydrogen-bond donors (Lipinski definition) is 0. The molecular formula is C10H10OS. The Bertz CT molecular complexity index is 300. The summed E-state index contributed by atoms with van der Waals surface area (Å²) in [6, 6.07) is 8.12. The third-order valence-electron chi connectivity index (χ3n) is 1.69. The fourth-order valence-corrected chi connectivity index (χ4v) is 1.18. The highest BCUT2D eigenvalue weighted by Crippen LogP contribution is 2.33. The zero-order valence-corrected chi connectivity index (χ0v) is 7.73. The van der Waals surface area contributed by atoms with Crippen molar-refractivity contribution < 1.29 is 4.74 Å². The van der Waals surface area contributed by atoms with Crippen molar-refractivity contribution in [2.45, 2.75) is 6.92 Å². The summed E-state index contributed by atoms with van der Waals surface area (Å²) in [7, 11) is 0. The van der Waals surface area contributed by atoms with Gasteiger partial charge in [0.2, 0.25) is 0 Å². The molecule has 1 heterocycles. The summed E-state index contributed by atoms with van der Waals surface area (Å²) in [5, 5.41) is 2.11. The van der Waals surface area contributed by atoms with E-state index in [4.69, 9.17) is 4.74 Å². The van der Waals surface area contributed by atoms with Crippen molar-refractivity contribution in [2.75, 3.05) is 6.61 Å². The minimum Gasteiger partial charge on any atom is -0.488 e. The van der Waals surface area contributed by atoms with Gasteiger partial charge in [-0.1, -0.05) is 29.5 Å². The maximum absolute atomic E-state index is 5.50. The van der Waals surface area contributed by atoms with Crippen LogP contribution in [0.25, 0.3) is 0 Å². The summed E-state index contributed by atoms with van der Waals surface area (Å²) in [6.45, 7) is 2.80. The lowest BCUT2D eigenvalue weighted by molar-refractivity contribution is 0.361. The monoisotopic (exact) mass is 178 g/mol. The van der Waals surface area contributed by atoms with Crippen LogP contribution in [0.4, 0.5) is 0 Å². The van der Waals surface area contributed by atoms with Gasteiger partial charge < -0.3 is 4.74 Å². The van der Waals surface area contributed by atoms with E-state index in [0.29, 0.717) is 0 Å². The first-order valence-corrected chi connectivity index (χ1v) is 4.78. The van der Waals surface area contributed by atoms with Crippen LogP contribution in [0.2, 0.25) is 0 Å². The van der Waals surface area contributed by atoms with Crippen LogP contribution in [0.15, 0.2) is 34.6 Å². The van der Waals surface area contributed by atoms with Crippen molar-refractivity contribution in [3.63, 3.8) is 0 Å². The van der Waals surface area contributed by atoms with Gasteiger partial charge in [0.05, 0.1) is 0 Å². The van der Waals surface area contributed by atoms with Gasteiger partial charge in [0, 0.05) is 4.91 Å². The van der Waals surface area contributed by atoms with Crippen LogP contribution >= 0.6 is 11.8 Å². The molecule has 1 aromatic carbocycles. The van der Waals surface area contributed by atoms with E-state index >= 15 is 0 Å². The topological polar surface area (TPSA) is 9.23 Å². The second-order valence-corrected chi connectivity index (χ2v) is 3.80. The standard InChI is InChI=1S/C10H10OS/c1-8-2-4-9(5-3-8)11-6-10-7-12-10/h2-5,7H,6H2,1H3. The Balaban J connectivity index is 1.93. The van der Waals surface area contributed by atoms with Gasteiger partial charge in [0.1, 0.15) is 12.4 Å². The first-order valence-electron chi connectivity index (χ1n) is 3.90. The third kappa shape index (κ3) is 2.05. The molecule has 0 aliphatic carbocycles. The molecule has 2 heteroatoms. The van der Waals surface area contributed by atoms with Crippen molar-refractivity contribution >= 4 is 11.8 Å². The molecule has 1 aliphatic rings. The van der Waals surface area contributed by atoms with Crippen LogP contribution in [-0.4, -0.2) is 6.61 Å². The molecule has 2 rings (SSSR count). The van der Waals surface area contributed by atoms with Crippen LogP contribution in [0.3, 0.4) is 0 Å². The molecule has 0 bridgehead atoms. The van der Waals surface area contributed by atoms with Gasteiger partial charge in [-0.2, -0.15) is 0 Å². The average molecular weight is 178 g/mol. The smallest absolute Gasteiger partial charge is 0.120 e. The van der Waals surface area contributed by atoms with Gasteiger partial charge in [0.25, 0.3) is 0 Å². The number of ether oxygens (including phenoxy) is 1. The molecule has 12 heavy (non-hydrogen) atoms. The largest absolute Gasteiger partial charge is 0.488 e. The van der Waals surface area contributed by atoms with E-state index in [-0.39, 0.29) is 0 Å². The molecular weight excluding hydrogens is 168 g/mol. The first kappa shape index (κ1) is 7.74. The fourth-order valence-electron chi connectivity index (χ4n) is 0.899. The Morgan fingerprint density at radius 2 is 1.92 bits per heavy atom. The van der Waals surface area contributed by atoms with Crippen molar-refractivity contribution in [1.82, 2.24) is 0 Å². The van der Waals surface area contributed by atoms with Crippen molar-refractivity contribution in [2.24, 2.45) is 0 Å². The number of benzene rings is 1. The second-order valence-electron chi connectivity index (χ2n) is 2.80. The summed E-state index contributed by atoms with van der Waals surface area (Å²) >= 11 is 1.76. The molecule has 62 valence electrons. The summed E-state index contributed by atoms with van der Waals surface area (Å²) in [5.74, 6) is 0.953. The lowest BCUT2D eigenvalue weighted by atomic mass is 10.2. The van der Waals surface area contributed by atoms with Crippen molar-refractivity contribution in [3.05, 3.63) is 40.1 Å². The van der Waals surface area contributed by atoms with Gasteiger partial charge in [-0.25, -0.2) is 0 Å². The molecule has 0 radical (unpaired) electrons. The minimum absolute atomic E-state index is 0.730. The Kier molecular flexibility index (Phi) is 2.09. The Morgan fingerprint density at radius 1 is 1.25 bits per heavy atom. The molecule has 1 aliphatic heterocycles. The van der Waals surface area contributed by atoms with Gasteiger partial charge in [-0.15, -0.1) is 0 Å². The zero-order valence-electron chi connectivity index (χ0n) is 6.91. The number of aryl methyl sites for hydroxylation is 1. The van der Waals surface area contributed by atoms with E-state index < -0.39 is 0 Å². The number of rotatable bonds is 3. The summed E-state index contributed by atoms with van der Waals surface area (Å²) in [4.78, 5) is 1.33. The molecule has 0 fully saturated rings. The highest BCUT2D eigenvalue weighted by molar-refractivity contribution is 8.12. The predicted octanol–water partition coefficient (Wildman–Crippen LogP) is 2.96. The number of thioether (sulfide) groups is 1. The van der Waals surface area contributed by atoms with E-state index in [1.54, 1.807) is 11.8 Å². The van der Waals surface area contributed by atoms with Crippen LogP contribution in [0.1, 0.15) is 5.56 Å². The minimum atomic E-state index is 0.730. The van der Waals surface area contributed by atoms with E-state index in [1.165, 1.54) is 10.5 Å². The van der Waals surface area contributed by atoms with Crippen LogP contribution in [-0.2, 0) is 0 Å². The highest BCUT2D eigenvalue weighted by Gasteiger charge is 2.08. The van der Waals surface area contributed by atoms with Gasteiger partial charge in [-0.05, 0) is 24.5 Å². The average Bonchev–Trinajstić information content (AvgIpc) is 2.87. The van der Waals surface area contributed by atoms with Gasteiger partial charge in [-0.3, -0.25) is 0 Å². The molecule has 0 spiro atoms. The SMILES string of the molecule is Cc1ccc(OCC2=CS2)cc1. The normalized spacial score (nSPS) is 13.9. The lowest BCUT2D eigenvalue weighted by Crippen LogP contribution is -1.93. The highest BCUT2D eigenvalue weighted by atomic mass is 32.2. The molecule has 1 nitrogen and oxygen atoms in total. The Morgan fingerprint density at radius 3 is 2.50 bits per heavy atom. The van der Waals surface area contributed by atoms with Crippen LogP contribution in [0.5, 0.6) is 5.75 Å². The van der Waals surface area contributed by atoms with Crippen molar-refractivity contribution in [1.29, 1.82) is 0 Å². The van der Waals surface area contributed by atoms with Gasteiger partial charge >= 0.3 is 0 Å². The number of hydrogen-bond acceptors (Lipinski definition) is 2.